The van der Waals surface area contributed by atoms with Gasteiger partial charge in [0, 0.05) is 22.3 Å². The summed E-state index contributed by atoms with van der Waals surface area (Å²) in [4.78, 5) is 44.3. The van der Waals surface area contributed by atoms with Crippen LogP contribution in [0, 0.1) is 0 Å². The number of hydrogen-bond acceptors (Lipinski definition) is 10. The number of aliphatic imine (C=N–C) groups is 1. The Morgan fingerprint density at radius 3 is 2.77 bits per heavy atom. The van der Waals surface area contributed by atoms with Crippen LogP contribution in [0.5, 0.6) is 0 Å². The first-order valence-electron chi connectivity index (χ1n) is 8.73. The molecule has 31 heavy (non-hydrogen) atoms. The second-order valence-corrected chi connectivity index (χ2v) is 8.25. The molecule has 1 fully saturated rings. The Kier molecular flexibility index (Phi) is 8.54. The first-order valence-corrected chi connectivity index (χ1v) is 10.7. The number of nitrogens with two attached hydrogens (primary N) is 2. The minimum absolute atomic E-state index is 0. The Morgan fingerprint density at radius 2 is 2.23 bits per heavy atom. The van der Waals surface area contributed by atoms with E-state index in [4.69, 9.17) is 11.5 Å². The molecule has 3 heterocycles. The van der Waals surface area contributed by atoms with Crippen LogP contribution in [-0.2, 0) is 14.3 Å². The number of amides is 2. The molecule has 1 aromatic rings. The Labute approximate surface area is 207 Å². The van der Waals surface area contributed by atoms with Crippen LogP contribution in [-0.4, -0.2) is 62.6 Å². The van der Waals surface area contributed by atoms with Crippen LogP contribution < -0.4 is 46.1 Å². The number of hydrogen-bond donors (Lipinski definition) is 3. The second-order valence-electron chi connectivity index (χ2n) is 6.25. The minimum Gasteiger partial charge on any atom is -0.858 e. The molecule has 1 saturated heterocycles. The van der Waals surface area contributed by atoms with E-state index < -0.39 is 35.3 Å². The van der Waals surface area contributed by atoms with Crippen LogP contribution in [0.25, 0.3) is 5.57 Å². The van der Waals surface area contributed by atoms with Crippen molar-refractivity contribution < 1.29 is 58.9 Å². The fraction of sp³-hybridized carbons (Fsp3) is 0.353. The number of thioether (sulfide) groups is 1. The molecule has 0 bridgehead atoms. The van der Waals surface area contributed by atoms with Crippen molar-refractivity contribution >= 4 is 57.7 Å². The van der Waals surface area contributed by atoms with Crippen molar-refractivity contribution in [3.63, 3.8) is 0 Å². The van der Waals surface area contributed by atoms with Gasteiger partial charge in [-0.25, -0.2) is 14.6 Å². The van der Waals surface area contributed by atoms with Crippen molar-refractivity contribution in [2.45, 2.75) is 24.8 Å². The van der Waals surface area contributed by atoms with Crippen LogP contribution in [0.1, 0.15) is 19.0 Å². The van der Waals surface area contributed by atoms with E-state index >= 15 is 0 Å². The van der Waals surface area contributed by atoms with Crippen molar-refractivity contribution in [2.24, 2.45) is 10.7 Å². The molecule has 2 atom stereocenters. The number of β-lactam (4-membered cyclic amide) rings is 1. The number of carboxylic acid groups (broad SMARTS) is 1. The van der Waals surface area contributed by atoms with Crippen LogP contribution >= 0.6 is 23.1 Å². The van der Waals surface area contributed by atoms with Crippen LogP contribution in [0.4, 0.5) is 9.93 Å². The van der Waals surface area contributed by atoms with Gasteiger partial charge in [-0.1, -0.05) is 13.0 Å². The van der Waals surface area contributed by atoms with Crippen LogP contribution in [0.15, 0.2) is 27.7 Å². The van der Waals surface area contributed by atoms with E-state index in [2.05, 4.69) is 14.7 Å². The molecule has 2 aliphatic heterocycles. The van der Waals surface area contributed by atoms with Gasteiger partial charge in [-0.05, 0) is 12.3 Å². The van der Waals surface area contributed by atoms with Crippen LogP contribution in [0.3, 0.4) is 0 Å². The van der Waals surface area contributed by atoms with Gasteiger partial charge in [-0.15, -0.1) is 23.1 Å². The zero-order valence-electron chi connectivity index (χ0n) is 16.7. The Balaban J connectivity index is 0.00000341. The molecule has 1 aromatic heterocycles. The minimum atomic E-state index is -1.34. The van der Waals surface area contributed by atoms with Gasteiger partial charge in [0.05, 0.1) is 5.69 Å². The quantitative estimate of drug-likeness (QED) is 0.160. The first kappa shape index (κ1) is 25.2. The summed E-state index contributed by atoms with van der Waals surface area (Å²) < 4.78 is 4.67. The molecule has 5 N–H and O–H groups in total. The number of aromatic nitrogens is 1. The van der Waals surface area contributed by atoms with Gasteiger partial charge < -0.3 is 26.4 Å². The van der Waals surface area contributed by atoms with Crippen LogP contribution in [0.2, 0.25) is 0 Å². The Morgan fingerprint density at radius 1 is 1.52 bits per heavy atom. The van der Waals surface area contributed by atoms with Crippen molar-refractivity contribution in [1.82, 2.24) is 9.88 Å². The van der Waals surface area contributed by atoms with Crippen molar-refractivity contribution in [2.75, 3.05) is 18.1 Å². The molecule has 0 spiro atoms. The van der Waals surface area contributed by atoms with Gasteiger partial charge >= 0.3 is 41.6 Å². The summed E-state index contributed by atoms with van der Waals surface area (Å²) in [7, 11) is 0. The number of carboxylic acids is 1. The number of anilines is 1. The van der Waals surface area contributed by atoms with Gasteiger partial charge in [-0.3, -0.25) is 14.7 Å². The van der Waals surface area contributed by atoms with E-state index in [0.717, 1.165) is 4.90 Å². The Bertz CT molecular complexity index is 991. The summed E-state index contributed by atoms with van der Waals surface area (Å²) in [6, 6.07) is -1.02. The summed E-state index contributed by atoms with van der Waals surface area (Å²) in [5.41, 5.74) is 11.1. The molecule has 0 unspecified atom stereocenters. The summed E-state index contributed by atoms with van der Waals surface area (Å²) >= 11 is 2.41. The number of rotatable bonds is 7. The summed E-state index contributed by atoms with van der Waals surface area (Å²) in [6.07, 6.45) is 1.15. The predicted molar refractivity (Wildman–Crippen MR) is 109 cm³/mol. The normalized spacial score (nSPS) is 21.2. The maximum Gasteiger partial charge on any atom is 1.00 e. The van der Waals surface area contributed by atoms with Gasteiger partial charge in [0.15, 0.2) is 11.2 Å². The smallest absolute Gasteiger partial charge is 0.858 e. The zero-order chi connectivity index (χ0) is 22.0. The molecular weight excluding hydrogens is 457 g/mol. The van der Waals surface area contributed by atoms with Gasteiger partial charge in [-0.2, -0.15) is 0 Å². The van der Waals surface area contributed by atoms with Crippen molar-refractivity contribution in [3.05, 3.63) is 28.4 Å². The number of aliphatic carboxylic acids is 1. The number of carbonyl (C=O) groups excluding carboxylic acids is 2. The van der Waals surface area contributed by atoms with Crippen molar-refractivity contribution in [3.8, 4) is 0 Å². The number of allylic oxidation sites excluding steroid dienone is 1. The number of nitrogens with zero attached hydrogens (tertiary/aromatic N) is 3. The number of fused-ring (bicyclic) bond motifs is 1. The number of carbonyl (C=O) groups is 3. The molecule has 2 aliphatic rings. The maximum absolute atomic E-state index is 12.7. The summed E-state index contributed by atoms with van der Waals surface area (Å²) in [5.74, 6) is -2.40. The van der Waals surface area contributed by atoms with Gasteiger partial charge in [0.1, 0.15) is 17.7 Å². The topological polar surface area (TPSA) is 184 Å². The molecular formula is C17H18N5NaO6S2. The molecule has 0 radical (unpaired) electrons. The zero-order valence-corrected chi connectivity index (χ0v) is 20.4. The molecule has 0 saturated carbocycles. The third kappa shape index (κ3) is 5.23. The molecule has 0 aromatic carbocycles. The third-order valence-corrected chi connectivity index (χ3v) is 6.30. The average Bonchev–Trinajstić information content (AvgIpc) is 3.13. The molecule has 2 amide bonds. The molecule has 11 nitrogen and oxygen atoms in total. The first-order chi connectivity index (χ1) is 14.2. The number of ether oxygens (including phenoxy) is 1. The largest absolute Gasteiger partial charge is 1.00 e. The van der Waals surface area contributed by atoms with E-state index in [9.17, 15) is 24.6 Å². The average molecular weight is 475 g/mol. The maximum atomic E-state index is 12.7. The third-order valence-electron chi connectivity index (χ3n) is 4.30. The second kappa shape index (κ2) is 10.5. The Hall–Kier alpha value is -2.06. The van der Waals surface area contributed by atoms with E-state index in [0.29, 0.717) is 17.2 Å². The predicted octanol–water partition coefficient (Wildman–Crippen LogP) is -3.00. The summed E-state index contributed by atoms with van der Waals surface area (Å²) in [5, 5.41) is 23.6. The van der Waals surface area contributed by atoms with Crippen molar-refractivity contribution in [1.29, 1.82) is 0 Å². The fourth-order valence-corrected chi connectivity index (χ4v) is 4.90. The SMILES string of the molecule is CC/C=C(\C([O-])=N[C@@H]1C(=O)N2C(C(=O)O)=C(COC(N)=O)CS[C@H]12)c1csc(N)n1.[Na+]. The number of thiazole rings is 1. The van der Waals surface area contributed by atoms with Gasteiger partial charge in [0.25, 0.3) is 5.91 Å². The van der Waals surface area contributed by atoms with E-state index in [1.165, 1.54) is 23.1 Å². The summed E-state index contributed by atoms with van der Waals surface area (Å²) in [6.45, 7) is 1.51. The van der Waals surface area contributed by atoms with E-state index in [-0.39, 0.29) is 58.8 Å². The van der Waals surface area contributed by atoms with E-state index in [1.54, 1.807) is 11.5 Å². The molecule has 3 rings (SSSR count). The monoisotopic (exact) mass is 475 g/mol. The standard InChI is InChI=1S/C17H19N5O6S2.Na/c1-2-3-8(9-6-30-16(18)20-9)12(23)21-10-13(24)22-11(15(25)26)7(4-28-17(19)27)5-29-14(10)22;/h3,6,10,14H,2,4-5H2,1H3,(H2,18,20)(H2,19,27)(H,21,23)(H,25,26);/q;+1/p-1/b8-3-;/t10-,14-;/m1./s1. The van der Waals surface area contributed by atoms with Gasteiger partial charge in [0.2, 0.25) is 0 Å². The number of primary amides is 1. The number of nitrogen functional groups attached to an aromatic ring is 1. The molecule has 160 valence electrons. The molecule has 14 heteroatoms. The molecule has 0 aliphatic carbocycles. The van der Waals surface area contributed by atoms with E-state index in [1.807, 2.05) is 6.92 Å². The fourth-order valence-electron chi connectivity index (χ4n) is 3.03.